The first-order valence-corrected chi connectivity index (χ1v) is 29.8. The van der Waals surface area contributed by atoms with Crippen molar-refractivity contribution in [3.8, 4) is 39.1 Å². The van der Waals surface area contributed by atoms with Crippen LogP contribution in [0.5, 0.6) is 0 Å². The minimum absolute atomic E-state index is 0.00323. The van der Waals surface area contributed by atoms with Gasteiger partial charge in [-0.3, -0.25) is 0 Å². The van der Waals surface area contributed by atoms with Crippen LogP contribution in [-0.2, 0) is 32.5 Å². The van der Waals surface area contributed by atoms with Gasteiger partial charge in [0.25, 0.3) is 0 Å². The first kappa shape index (κ1) is 47.2. The van der Waals surface area contributed by atoms with Crippen LogP contribution in [0.25, 0.3) is 92.0 Å². The highest BCUT2D eigenvalue weighted by molar-refractivity contribution is 7.27. The number of rotatable bonds is 2. The third-order valence-electron chi connectivity index (χ3n) is 20.6. The van der Waals surface area contributed by atoms with Gasteiger partial charge in [-0.2, -0.15) is 0 Å². The lowest BCUT2D eigenvalue weighted by atomic mass is 9.46. The molecule has 0 radical (unpaired) electrons. The van der Waals surface area contributed by atoms with Crippen LogP contribution < -0.4 is 15.9 Å². The summed E-state index contributed by atoms with van der Waals surface area (Å²) in [4.78, 5) is 2.72. The molecule has 8 aromatic carbocycles. The zero-order valence-corrected chi connectivity index (χ0v) is 48.6. The smallest absolute Gasteiger partial charge is 0.375 e. The van der Waals surface area contributed by atoms with E-state index in [0.717, 1.165) is 29.5 Å². The molecule has 3 nitrogen and oxygen atoms in total. The van der Waals surface area contributed by atoms with E-state index in [0.29, 0.717) is 0 Å². The molecule has 0 amide bonds. The van der Waals surface area contributed by atoms with Crippen molar-refractivity contribution in [1.82, 2.24) is 4.57 Å². The second-order valence-electron chi connectivity index (χ2n) is 28.5. The van der Waals surface area contributed by atoms with Gasteiger partial charge in [0.05, 0.1) is 16.7 Å². The summed E-state index contributed by atoms with van der Waals surface area (Å²) in [6.07, 6.45) is 4.69. The Hall–Kier alpha value is -6.82. The van der Waals surface area contributed by atoms with Gasteiger partial charge in [0.2, 0.25) is 0 Å². The Balaban J connectivity index is 1.11. The fraction of sp³-hybridized carbons (Fsp3) is 0.315. The van der Waals surface area contributed by atoms with Gasteiger partial charge in [0.15, 0.2) is 0 Å². The normalized spacial score (nSPS) is 18.6. The topological polar surface area (TPSA) is 21.3 Å². The van der Waals surface area contributed by atoms with Crippen molar-refractivity contribution in [3.05, 3.63) is 172 Å². The second-order valence-corrected chi connectivity index (χ2v) is 29.6. The summed E-state index contributed by atoms with van der Waals surface area (Å²) in [7, 11) is 0. The largest absolute Gasteiger partial charge is 0.466 e. The first-order valence-electron chi connectivity index (χ1n) is 28.9. The lowest BCUT2D eigenvalue weighted by Crippen LogP contribution is -2.60. The monoisotopic (exact) mass is 1030 g/mol. The van der Waals surface area contributed by atoms with Crippen LogP contribution in [0.1, 0.15) is 155 Å². The number of hydrogen-bond donors (Lipinski definition) is 0. The van der Waals surface area contributed by atoms with Gasteiger partial charge in [-0.25, -0.2) is 0 Å². The van der Waals surface area contributed by atoms with Crippen molar-refractivity contribution < 1.29 is 4.42 Å². The summed E-state index contributed by atoms with van der Waals surface area (Å²) in [5.41, 5.74) is 27.5. The molecule has 5 heteroatoms. The Morgan fingerprint density at radius 1 is 0.526 bits per heavy atom. The van der Waals surface area contributed by atoms with E-state index in [1.807, 2.05) is 11.3 Å². The number of furan rings is 1. The van der Waals surface area contributed by atoms with Crippen molar-refractivity contribution in [2.45, 2.75) is 148 Å². The number of fused-ring (bicyclic) bond motifs is 20. The molecule has 0 spiro atoms. The molecule has 0 N–H and O–H groups in total. The Morgan fingerprint density at radius 2 is 1.13 bits per heavy atom. The average Bonchev–Trinajstić information content (AvgIpc) is 3.72. The maximum absolute atomic E-state index is 7.72. The highest BCUT2D eigenvalue weighted by Crippen LogP contribution is 2.60. The van der Waals surface area contributed by atoms with E-state index in [1.165, 1.54) is 150 Å². The minimum atomic E-state index is -0.282. The van der Waals surface area contributed by atoms with E-state index in [1.54, 1.807) is 0 Å². The van der Waals surface area contributed by atoms with Crippen LogP contribution in [0.4, 0.5) is 11.4 Å². The molecular weight excluding hydrogens is 964 g/mol. The van der Waals surface area contributed by atoms with Gasteiger partial charge in [-0.15, -0.1) is 11.3 Å². The average molecular weight is 1030 g/mol. The lowest BCUT2D eigenvalue weighted by Gasteiger charge is -2.42. The molecule has 3 aliphatic carbocycles. The molecule has 5 heterocycles. The van der Waals surface area contributed by atoms with Crippen LogP contribution in [0, 0.1) is 0 Å². The maximum Gasteiger partial charge on any atom is 0.375 e. The Labute approximate surface area is 464 Å². The number of anilines is 2. The fourth-order valence-electron chi connectivity index (χ4n) is 15.8. The molecule has 0 bridgehead atoms. The van der Waals surface area contributed by atoms with Gasteiger partial charge in [-0.05, 0) is 186 Å². The number of aromatic nitrogens is 1. The predicted octanol–water partition coefficient (Wildman–Crippen LogP) is 19.1. The summed E-state index contributed by atoms with van der Waals surface area (Å²) < 4.78 is 13.1. The number of nitrogens with zero attached hydrogens (tertiary/aromatic N) is 2. The van der Waals surface area contributed by atoms with Gasteiger partial charge >= 0.3 is 6.85 Å². The SMILES string of the molecule is CC(C)(C)c1ccc(N2B3c4oc5ccc(-c6ccccc6)cc5c4-n4c5cc6c(cc5c5c7sc8ccccc8c7c(c3c54)-c3cc4c(cc32)-c2cc3c(cc2C4(C)C)C(C)(C)CCC3(C)C)C(C)(C)CCC6(C)C)cc1. The first-order chi connectivity index (χ1) is 37.0. The maximum atomic E-state index is 7.72. The van der Waals surface area contributed by atoms with Crippen LogP contribution in [-0.4, -0.2) is 11.4 Å². The quantitative estimate of drug-likeness (QED) is 0.161. The summed E-state index contributed by atoms with van der Waals surface area (Å²) in [6, 6.07) is 52.6. The minimum Gasteiger partial charge on any atom is -0.466 e. The van der Waals surface area contributed by atoms with E-state index < -0.39 is 0 Å². The van der Waals surface area contributed by atoms with E-state index in [4.69, 9.17) is 4.42 Å². The third kappa shape index (κ3) is 6.02. The van der Waals surface area contributed by atoms with Crippen molar-refractivity contribution in [2.75, 3.05) is 4.81 Å². The molecule has 78 heavy (non-hydrogen) atoms. The fourth-order valence-corrected chi connectivity index (χ4v) is 17.1. The zero-order valence-electron chi connectivity index (χ0n) is 47.8. The second kappa shape index (κ2) is 14.9. The zero-order chi connectivity index (χ0) is 53.7. The molecule has 5 aliphatic rings. The van der Waals surface area contributed by atoms with Crippen LogP contribution in [0.3, 0.4) is 0 Å². The van der Waals surface area contributed by atoms with Gasteiger partial charge in [0.1, 0.15) is 11.2 Å². The Kier molecular flexibility index (Phi) is 9.01. The molecular formula is C73H69BN2OS. The van der Waals surface area contributed by atoms with Crippen molar-refractivity contribution in [1.29, 1.82) is 0 Å². The predicted molar refractivity (Wildman–Crippen MR) is 335 cm³/mol. The summed E-state index contributed by atoms with van der Waals surface area (Å²) in [5.74, 6) is 0. The standard InChI is InChI=1S/C73H69BN2OS/c1-68(2,3)42-24-26-43(27-25-42)76-57-37-46-45-34-52-54(71(8,9)31-29-69(52,4)5)38-51(45)73(12,13)50(46)35-48(57)60-61-44-21-17-18-22-59(44)78-66(61)62-47-36-53-55(72(10,11)32-30-70(53,6)7)39-56(47)75-64-49-33-41(40-19-15-14-16-20-40)23-28-58(49)77-67(64)74(76)63(60)65(62)75/h14-28,33-39H,29-32H2,1-13H3. The highest BCUT2D eigenvalue weighted by atomic mass is 32.1. The molecule has 16 rings (SSSR count). The van der Waals surface area contributed by atoms with Crippen LogP contribution >= 0.6 is 11.3 Å². The Bertz CT molecular complexity index is 4510. The third-order valence-corrected chi connectivity index (χ3v) is 21.8. The molecule has 2 aliphatic heterocycles. The van der Waals surface area contributed by atoms with E-state index in [-0.39, 0.29) is 39.3 Å². The number of thiophene rings is 1. The van der Waals surface area contributed by atoms with E-state index >= 15 is 0 Å². The van der Waals surface area contributed by atoms with Crippen LogP contribution in [0.2, 0.25) is 0 Å². The summed E-state index contributed by atoms with van der Waals surface area (Å²) >= 11 is 2.00. The molecule has 386 valence electrons. The van der Waals surface area contributed by atoms with E-state index in [2.05, 4.69) is 233 Å². The lowest BCUT2D eigenvalue weighted by molar-refractivity contribution is 0.331. The summed E-state index contributed by atoms with van der Waals surface area (Å²) in [6.45, 7) is 31.5. The summed E-state index contributed by atoms with van der Waals surface area (Å²) in [5, 5.41) is 6.59. The molecule has 11 aromatic rings. The number of hydrogen-bond acceptors (Lipinski definition) is 3. The number of benzene rings is 8. The molecule has 0 unspecified atom stereocenters. The Morgan fingerprint density at radius 3 is 1.82 bits per heavy atom. The van der Waals surface area contributed by atoms with Gasteiger partial charge in [0, 0.05) is 58.7 Å². The van der Waals surface area contributed by atoms with Crippen molar-refractivity contribution >= 4 is 93.6 Å². The highest BCUT2D eigenvalue weighted by Gasteiger charge is 2.51. The van der Waals surface area contributed by atoms with E-state index in [9.17, 15) is 0 Å². The molecule has 0 saturated heterocycles. The molecule has 3 aromatic heterocycles. The molecule has 0 atom stereocenters. The molecule has 0 fully saturated rings. The molecule has 0 saturated carbocycles. The van der Waals surface area contributed by atoms with Gasteiger partial charge in [-0.1, -0.05) is 163 Å². The van der Waals surface area contributed by atoms with Crippen molar-refractivity contribution in [2.24, 2.45) is 0 Å². The van der Waals surface area contributed by atoms with Gasteiger partial charge < -0.3 is 13.8 Å². The van der Waals surface area contributed by atoms with Crippen molar-refractivity contribution in [3.63, 3.8) is 0 Å². The van der Waals surface area contributed by atoms with Crippen LogP contribution in [0.15, 0.2) is 138 Å².